The minimum atomic E-state index is -0.747. The van der Waals surface area contributed by atoms with E-state index >= 15 is 0 Å². The molecular weight excluding hydrogens is 267 g/mol. The first kappa shape index (κ1) is 14.7. The largest absolute Gasteiger partial charge is 0.389 e. The van der Waals surface area contributed by atoms with Gasteiger partial charge in [-0.05, 0) is 24.8 Å². The van der Waals surface area contributed by atoms with Crippen LogP contribution in [-0.4, -0.2) is 35.9 Å². The lowest BCUT2D eigenvalue weighted by Crippen LogP contribution is -2.25. The van der Waals surface area contributed by atoms with E-state index in [4.69, 9.17) is 4.74 Å². The van der Waals surface area contributed by atoms with Crippen LogP contribution < -0.4 is 5.32 Å². The van der Waals surface area contributed by atoms with Gasteiger partial charge in [-0.1, -0.05) is 0 Å². The fraction of sp³-hybridized carbons (Fsp3) is 0.538. The molecule has 0 radical (unpaired) electrons. The van der Waals surface area contributed by atoms with Crippen LogP contribution in [0.3, 0.4) is 0 Å². The molecule has 0 spiro atoms. The third-order valence-electron chi connectivity index (χ3n) is 3.05. The van der Waals surface area contributed by atoms with Gasteiger partial charge in [0.05, 0.1) is 29.4 Å². The fourth-order valence-corrected chi connectivity index (χ4v) is 1.70. The number of hydrogen-bond acceptors (Lipinski definition) is 5. The van der Waals surface area contributed by atoms with Crippen molar-refractivity contribution in [2.45, 2.75) is 18.9 Å². The molecule has 20 heavy (non-hydrogen) atoms. The minimum absolute atomic E-state index is 0.122. The molecule has 0 unspecified atom stereocenters. The first-order chi connectivity index (χ1) is 9.56. The molecule has 1 aliphatic rings. The van der Waals surface area contributed by atoms with Crippen molar-refractivity contribution in [3.8, 4) is 0 Å². The van der Waals surface area contributed by atoms with Crippen LogP contribution >= 0.6 is 0 Å². The van der Waals surface area contributed by atoms with Crippen LogP contribution in [0.4, 0.5) is 15.8 Å². The van der Waals surface area contributed by atoms with Crippen molar-refractivity contribution in [3.05, 3.63) is 34.1 Å². The number of nitro benzene ring substituents is 1. The molecule has 2 N–H and O–H groups in total. The number of ether oxygens (including phenoxy) is 1. The molecule has 0 aliphatic heterocycles. The van der Waals surface area contributed by atoms with Gasteiger partial charge < -0.3 is 15.2 Å². The first-order valence-corrected chi connectivity index (χ1v) is 6.50. The zero-order valence-corrected chi connectivity index (χ0v) is 10.9. The SMILES string of the molecule is O=[N+]([O-])c1ccc(NC[C@@H](O)COCC2CC2)c(F)c1. The Labute approximate surface area is 115 Å². The Morgan fingerprint density at radius 1 is 1.55 bits per heavy atom. The lowest BCUT2D eigenvalue weighted by molar-refractivity contribution is -0.385. The second-order valence-corrected chi connectivity index (χ2v) is 4.94. The molecule has 1 saturated carbocycles. The Bertz CT molecular complexity index is 479. The normalized spacial score (nSPS) is 15.9. The summed E-state index contributed by atoms with van der Waals surface area (Å²) in [6.45, 7) is 0.973. The second kappa shape index (κ2) is 6.62. The number of benzene rings is 1. The van der Waals surface area contributed by atoms with E-state index in [1.165, 1.54) is 25.0 Å². The second-order valence-electron chi connectivity index (χ2n) is 4.94. The number of anilines is 1. The van der Waals surface area contributed by atoms with Gasteiger partial charge in [-0.3, -0.25) is 10.1 Å². The Balaban J connectivity index is 1.75. The quantitative estimate of drug-likeness (QED) is 0.563. The zero-order valence-electron chi connectivity index (χ0n) is 10.9. The van der Waals surface area contributed by atoms with Gasteiger partial charge in [-0.15, -0.1) is 0 Å². The highest BCUT2D eigenvalue weighted by Crippen LogP contribution is 2.28. The number of nitrogens with one attached hydrogen (secondary N) is 1. The van der Waals surface area contributed by atoms with Gasteiger partial charge in [-0.25, -0.2) is 4.39 Å². The maximum Gasteiger partial charge on any atom is 0.272 e. The van der Waals surface area contributed by atoms with E-state index in [0.717, 1.165) is 6.07 Å². The van der Waals surface area contributed by atoms with E-state index in [1.807, 2.05) is 0 Å². The smallest absolute Gasteiger partial charge is 0.272 e. The van der Waals surface area contributed by atoms with Crippen molar-refractivity contribution in [2.24, 2.45) is 5.92 Å². The van der Waals surface area contributed by atoms with E-state index in [1.54, 1.807) is 0 Å². The van der Waals surface area contributed by atoms with Crippen molar-refractivity contribution in [1.82, 2.24) is 0 Å². The van der Waals surface area contributed by atoms with Crippen LogP contribution in [0.2, 0.25) is 0 Å². The van der Waals surface area contributed by atoms with Gasteiger partial charge in [0.1, 0.15) is 0 Å². The van der Waals surface area contributed by atoms with E-state index in [2.05, 4.69) is 5.32 Å². The predicted octanol–water partition coefficient (Wildman–Crippen LogP) is 1.93. The highest BCUT2D eigenvalue weighted by atomic mass is 19.1. The van der Waals surface area contributed by atoms with Crippen LogP contribution in [0.1, 0.15) is 12.8 Å². The van der Waals surface area contributed by atoms with Crippen molar-refractivity contribution in [2.75, 3.05) is 25.1 Å². The van der Waals surface area contributed by atoms with Gasteiger partial charge in [0.2, 0.25) is 0 Å². The topological polar surface area (TPSA) is 84.6 Å². The number of nitro groups is 1. The van der Waals surface area contributed by atoms with E-state index in [-0.39, 0.29) is 24.5 Å². The average Bonchev–Trinajstić information content (AvgIpc) is 3.21. The Morgan fingerprint density at radius 3 is 2.90 bits per heavy atom. The molecule has 0 heterocycles. The third-order valence-corrected chi connectivity index (χ3v) is 3.05. The maximum absolute atomic E-state index is 13.5. The summed E-state index contributed by atoms with van der Waals surface area (Å²) in [6, 6.07) is 3.34. The highest BCUT2D eigenvalue weighted by molar-refractivity contribution is 5.50. The summed E-state index contributed by atoms with van der Waals surface area (Å²) in [6.07, 6.45) is 1.62. The third kappa shape index (κ3) is 4.43. The Hall–Kier alpha value is -1.73. The van der Waals surface area contributed by atoms with Crippen LogP contribution in [0.25, 0.3) is 0 Å². The number of aliphatic hydroxyl groups is 1. The van der Waals surface area contributed by atoms with Gasteiger partial charge in [0.15, 0.2) is 5.82 Å². The number of nitrogens with zero attached hydrogens (tertiary/aromatic N) is 1. The van der Waals surface area contributed by atoms with Crippen molar-refractivity contribution in [3.63, 3.8) is 0 Å². The molecule has 1 atom stereocenters. The average molecular weight is 284 g/mol. The summed E-state index contributed by atoms with van der Waals surface area (Å²) in [5.74, 6) is -0.0902. The number of hydrogen-bond donors (Lipinski definition) is 2. The highest BCUT2D eigenvalue weighted by Gasteiger charge is 2.21. The first-order valence-electron chi connectivity index (χ1n) is 6.50. The Kier molecular flexibility index (Phi) is 4.86. The van der Waals surface area contributed by atoms with Gasteiger partial charge >= 0.3 is 0 Å². The molecule has 7 heteroatoms. The molecule has 1 aromatic rings. The molecule has 0 aromatic heterocycles. The summed E-state index contributed by atoms with van der Waals surface area (Å²) < 4.78 is 18.9. The van der Waals surface area contributed by atoms with E-state index < -0.39 is 16.8 Å². The van der Waals surface area contributed by atoms with Crippen LogP contribution in [0, 0.1) is 21.8 Å². The summed E-state index contributed by atoms with van der Waals surface area (Å²) in [5, 5.41) is 22.8. The fourth-order valence-electron chi connectivity index (χ4n) is 1.70. The van der Waals surface area contributed by atoms with Crippen LogP contribution in [-0.2, 0) is 4.74 Å². The van der Waals surface area contributed by atoms with Gasteiger partial charge in [-0.2, -0.15) is 0 Å². The van der Waals surface area contributed by atoms with Crippen molar-refractivity contribution in [1.29, 1.82) is 0 Å². The molecular formula is C13H17FN2O4. The lowest BCUT2D eigenvalue weighted by atomic mass is 10.2. The summed E-state index contributed by atoms with van der Waals surface area (Å²) in [4.78, 5) is 9.81. The molecule has 6 nitrogen and oxygen atoms in total. The summed E-state index contributed by atoms with van der Waals surface area (Å²) >= 11 is 0. The van der Waals surface area contributed by atoms with Crippen LogP contribution in [0.5, 0.6) is 0 Å². The Morgan fingerprint density at radius 2 is 2.30 bits per heavy atom. The number of halogens is 1. The molecule has 1 aromatic carbocycles. The monoisotopic (exact) mass is 284 g/mol. The van der Waals surface area contributed by atoms with Crippen LogP contribution in [0.15, 0.2) is 18.2 Å². The number of non-ortho nitro benzene ring substituents is 1. The summed E-state index contributed by atoms with van der Waals surface area (Å²) in [5.41, 5.74) is -0.182. The van der Waals surface area contributed by atoms with Crippen molar-refractivity contribution >= 4 is 11.4 Å². The minimum Gasteiger partial charge on any atom is -0.389 e. The number of aliphatic hydroxyl groups excluding tert-OH is 1. The zero-order chi connectivity index (χ0) is 14.5. The van der Waals surface area contributed by atoms with E-state index in [0.29, 0.717) is 12.5 Å². The lowest BCUT2D eigenvalue weighted by Gasteiger charge is -2.13. The number of rotatable bonds is 8. The molecule has 1 fully saturated rings. The van der Waals surface area contributed by atoms with Gasteiger partial charge in [0.25, 0.3) is 5.69 Å². The molecule has 0 bridgehead atoms. The molecule has 0 saturated heterocycles. The maximum atomic E-state index is 13.5. The predicted molar refractivity (Wildman–Crippen MR) is 71.1 cm³/mol. The standard InChI is InChI=1S/C13H17FN2O4/c14-12-5-10(16(18)19)3-4-13(12)15-6-11(17)8-20-7-9-1-2-9/h3-5,9,11,15,17H,1-2,6-8H2/t11-/m1/s1. The van der Waals surface area contributed by atoms with Crippen molar-refractivity contribution < 1.29 is 19.2 Å². The molecule has 2 rings (SSSR count). The van der Waals surface area contributed by atoms with E-state index in [9.17, 15) is 19.6 Å². The molecule has 110 valence electrons. The summed E-state index contributed by atoms with van der Waals surface area (Å²) in [7, 11) is 0. The molecule has 1 aliphatic carbocycles. The van der Waals surface area contributed by atoms with Gasteiger partial charge in [0, 0.05) is 19.2 Å². The molecule has 0 amide bonds.